The van der Waals surface area contributed by atoms with Gasteiger partial charge in [0.25, 0.3) is 0 Å². The lowest BCUT2D eigenvalue weighted by atomic mass is 10.1. The summed E-state index contributed by atoms with van der Waals surface area (Å²) in [5, 5.41) is 14.2. The fourth-order valence-electron chi connectivity index (χ4n) is 2.68. The number of aromatic nitrogens is 3. The van der Waals surface area contributed by atoms with E-state index in [0.717, 1.165) is 25.3 Å². The monoisotopic (exact) mass is 252 g/mol. The molecule has 0 aliphatic carbocycles. The van der Waals surface area contributed by atoms with Gasteiger partial charge in [0.15, 0.2) is 0 Å². The second kappa shape index (κ2) is 5.36. The van der Waals surface area contributed by atoms with E-state index in [4.69, 9.17) is 0 Å². The van der Waals surface area contributed by atoms with E-state index in [2.05, 4.69) is 21.9 Å². The molecule has 18 heavy (non-hydrogen) atoms. The highest BCUT2D eigenvalue weighted by Gasteiger charge is 2.27. The fraction of sp³-hybridized carbons (Fsp3) is 0.846. The molecule has 0 aromatic carbocycles. The predicted molar refractivity (Wildman–Crippen MR) is 70.2 cm³/mol. The normalized spacial score (nSPS) is 19.3. The molecule has 1 fully saturated rings. The Morgan fingerprint density at radius 3 is 2.61 bits per heavy atom. The van der Waals surface area contributed by atoms with Crippen LogP contribution in [0.15, 0.2) is 6.33 Å². The molecule has 0 amide bonds. The summed E-state index contributed by atoms with van der Waals surface area (Å²) < 4.78 is 1.85. The average Bonchev–Trinajstić information content (AvgIpc) is 2.90. The third-order valence-corrected chi connectivity index (χ3v) is 3.45. The fourth-order valence-corrected chi connectivity index (χ4v) is 2.68. The van der Waals surface area contributed by atoms with Gasteiger partial charge in [-0.25, -0.2) is 9.67 Å². The maximum Gasteiger partial charge on any atom is 0.144 e. The van der Waals surface area contributed by atoms with E-state index in [1.54, 1.807) is 20.2 Å². The minimum absolute atomic E-state index is 0.331. The first-order valence-corrected chi connectivity index (χ1v) is 6.85. The number of rotatable bonds is 5. The van der Waals surface area contributed by atoms with Gasteiger partial charge >= 0.3 is 0 Å². The van der Waals surface area contributed by atoms with Crippen molar-refractivity contribution in [2.75, 3.05) is 13.1 Å². The van der Waals surface area contributed by atoms with Gasteiger partial charge < -0.3 is 5.11 Å². The highest BCUT2D eigenvalue weighted by Crippen LogP contribution is 2.26. The van der Waals surface area contributed by atoms with Gasteiger partial charge in [-0.3, -0.25) is 4.90 Å². The Balaban J connectivity index is 2.17. The predicted octanol–water partition coefficient (Wildman–Crippen LogP) is 1.60. The molecule has 5 heteroatoms. The maximum absolute atomic E-state index is 9.93. The van der Waals surface area contributed by atoms with Crippen LogP contribution in [0.5, 0.6) is 0 Å². The Bertz CT molecular complexity index is 377. The summed E-state index contributed by atoms with van der Waals surface area (Å²) in [5.74, 6) is 0.988. The first kappa shape index (κ1) is 13.5. The van der Waals surface area contributed by atoms with Gasteiger partial charge in [0.2, 0.25) is 0 Å². The molecule has 1 unspecified atom stereocenters. The van der Waals surface area contributed by atoms with Gasteiger partial charge in [-0.1, -0.05) is 6.92 Å². The molecule has 0 bridgehead atoms. The molecule has 1 aliphatic rings. The molecule has 0 spiro atoms. The maximum atomic E-state index is 9.93. The van der Waals surface area contributed by atoms with Crippen LogP contribution in [0.3, 0.4) is 0 Å². The van der Waals surface area contributed by atoms with E-state index in [1.165, 1.54) is 12.8 Å². The first-order valence-electron chi connectivity index (χ1n) is 6.85. The summed E-state index contributed by atoms with van der Waals surface area (Å²) in [6.07, 6.45) is 5.18. The van der Waals surface area contributed by atoms with Crippen LogP contribution in [0.4, 0.5) is 0 Å². The Labute approximate surface area is 109 Å². The highest BCUT2D eigenvalue weighted by molar-refractivity contribution is 4.97. The number of nitrogens with zero attached hydrogens (tertiary/aromatic N) is 4. The van der Waals surface area contributed by atoms with E-state index in [0.29, 0.717) is 12.6 Å². The molecule has 2 rings (SSSR count). The third kappa shape index (κ3) is 3.09. The Morgan fingerprint density at radius 1 is 1.39 bits per heavy atom. The summed E-state index contributed by atoms with van der Waals surface area (Å²) in [6.45, 7) is 8.57. The van der Waals surface area contributed by atoms with E-state index in [9.17, 15) is 5.11 Å². The van der Waals surface area contributed by atoms with Crippen LogP contribution in [0.25, 0.3) is 0 Å². The Morgan fingerprint density at radius 2 is 2.06 bits per heavy atom. The van der Waals surface area contributed by atoms with E-state index in [-0.39, 0.29) is 0 Å². The van der Waals surface area contributed by atoms with Gasteiger partial charge in [0.05, 0.1) is 18.2 Å². The number of hydrogen-bond donors (Lipinski definition) is 1. The average molecular weight is 252 g/mol. The lowest BCUT2D eigenvalue weighted by Crippen LogP contribution is -2.32. The molecule has 1 N–H and O–H groups in total. The third-order valence-electron chi connectivity index (χ3n) is 3.45. The van der Waals surface area contributed by atoms with E-state index in [1.807, 2.05) is 4.68 Å². The van der Waals surface area contributed by atoms with Crippen molar-refractivity contribution in [2.24, 2.45) is 0 Å². The molecule has 1 aromatic heterocycles. The highest BCUT2D eigenvalue weighted by atomic mass is 16.3. The number of hydrogen-bond acceptors (Lipinski definition) is 4. The lowest BCUT2D eigenvalue weighted by Gasteiger charge is -2.27. The second-order valence-corrected chi connectivity index (χ2v) is 5.76. The molecule has 1 aromatic rings. The lowest BCUT2D eigenvalue weighted by molar-refractivity contribution is 0.0545. The molecule has 102 valence electrons. The van der Waals surface area contributed by atoms with Crippen molar-refractivity contribution >= 4 is 0 Å². The van der Waals surface area contributed by atoms with Crippen LogP contribution >= 0.6 is 0 Å². The zero-order chi connectivity index (χ0) is 13.2. The van der Waals surface area contributed by atoms with Crippen molar-refractivity contribution < 1.29 is 5.11 Å². The zero-order valence-corrected chi connectivity index (χ0v) is 11.6. The quantitative estimate of drug-likeness (QED) is 0.864. The molecular formula is C13H24N4O. The van der Waals surface area contributed by atoms with E-state index >= 15 is 0 Å². The molecule has 0 radical (unpaired) electrons. The first-order chi connectivity index (χ1) is 8.51. The smallest absolute Gasteiger partial charge is 0.144 e. The van der Waals surface area contributed by atoms with Crippen molar-refractivity contribution in [3.05, 3.63) is 12.2 Å². The summed E-state index contributed by atoms with van der Waals surface area (Å²) in [5.41, 5.74) is -0.758. The van der Waals surface area contributed by atoms with Crippen molar-refractivity contribution in [1.82, 2.24) is 19.7 Å². The van der Waals surface area contributed by atoms with Crippen molar-refractivity contribution in [3.8, 4) is 0 Å². The van der Waals surface area contributed by atoms with Crippen LogP contribution in [0.1, 0.15) is 51.9 Å². The largest absolute Gasteiger partial charge is 0.389 e. The molecule has 1 aliphatic heterocycles. The van der Waals surface area contributed by atoms with Gasteiger partial charge in [0, 0.05) is 0 Å². The molecular weight excluding hydrogens is 228 g/mol. The Hall–Kier alpha value is -0.940. The summed E-state index contributed by atoms with van der Waals surface area (Å²) in [7, 11) is 0. The van der Waals surface area contributed by atoms with Gasteiger partial charge in [-0.05, 0) is 46.2 Å². The van der Waals surface area contributed by atoms with Crippen molar-refractivity contribution in [3.63, 3.8) is 0 Å². The number of aliphatic hydroxyl groups is 1. The topological polar surface area (TPSA) is 54.2 Å². The minimum atomic E-state index is -0.758. The summed E-state index contributed by atoms with van der Waals surface area (Å²) in [6, 6.07) is 0.331. The van der Waals surface area contributed by atoms with Crippen LogP contribution in [0.2, 0.25) is 0 Å². The molecule has 2 heterocycles. The molecule has 5 nitrogen and oxygen atoms in total. The molecule has 0 saturated carbocycles. The van der Waals surface area contributed by atoms with Crippen LogP contribution < -0.4 is 0 Å². The summed E-state index contributed by atoms with van der Waals surface area (Å²) in [4.78, 5) is 6.89. The van der Waals surface area contributed by atoms with Crippen molar-refractivity contribution in [1.29, 1.82) is 0 Å². The molecule has 1 atom stereocenters. The van der Waals surface area contributed by atoms with E-state index < -0.39 is 5.60 Å². The summed E-state index contributed by atoms with van der Waals surface area (Å²) >= 11 is 0. The number of likely N-dealkylation sites (tertiary alicyclic amines) is 1. The Kier molecular flexibility index (Phi) is 4.02. The minimum Gasteiger partial charge on any atom is -0.389 e. The SMILES string of the molecule is CCC(c1ncnn1CC(C)(C)O)N1CCCC1. The van der Waals surface area contributed by atoms with Gasteiger partial charge in [-0.2, -0.15) is 5.10 Å². The second-order valence-electron chi connectivity index (χ2n) is 5.76. The van der Waals surface area contributed by atoms with Crippen LogP contribution in [-0.2, 0) is 6.54 Å². The van der Waals surface area contributed by atoms with Gasteiger partial charge in [0.1, 0.15) is 12.2 Å². The van der Waals surface area contributed by atoms with Crippen LogP contribution in [0, 0.1) is 0 Å². The van der Waals surface area contributed by atoms with Crippen LogP contribution in [-0.4, -0.2) is 43.5 Å². The standard InChI is InChI=1S/C13H24N4O/c1-4-11(16-7-5-6-8-16)12-14-10-15-17(12)9-13(2,3)18/h10-11,18H,4-9H2,1-3H3. The van der Waals surface area contributed by atoms with Gasteiger partial charge in [-0.15, -0.1) is 0 Å². The molecule has 1 saturated heterocycles. The zero-order valence-electron chi connectivity index (χ0n) is 11.6. The van der Waals surface area contributed by atoms with Crippen molar-refractivity contribution in [2.45, 2.75) is 58.2 Å².